The van der Waals surface area contributed by atoms with Gasteiger partial charge in [0.05, 0.1) is 12.7 Å². The number of alkyl halides is 3. The molecule has 0 amide bonds. The van der Waals surface area contributed by atoms with Crippen molar-refractivity contribution >= 4 is 11.1 Å². The highest BCUT2D eigenvalue weighted by Crippen LogP contribution is 2.42. The third kappa shape index (κ3) is 4.19. The monoisotopic (exact) mass is 372 g/mol. The van der Waals surface area contributed by atoms with E-state index in [1.165, 1.54) is 43.5 Å². The van der Waals surface area contributed by atoms with Gasteiger partial charge in [0, 0.05) is 5.57 Å². The lowest BCUT2D eigenvalue weighted by atomic mass is 9.89. The quantitative estimate of drug-likeness (QED) is 0.383. The van der Waals surface area contributed by atoms with Crippen molar-refractivity contribution in [1.29, 1.82) is 0 Å². The second kappa shape index (κ2) is 7.66. The van der Waals surface area contributed by atoms with E-state index in [0.29, 0.717) is 11.3 Å². The number of benzene rings is 3. The summed E-state index contributed by atoms with van der Waals surface area (Å²) in [5.41, 5.74) is -0.110. The lowest BCUT2D eigenvalue weighted by Gasteiger charge is -2.20. The van der Waals surface area contributed by atoms with E-state index < -0.39 is 17.6 Å². The Balaban J connectivity index is 2.33. The topological polar surface area (TPSA) is 9.23 Å². The maximum Gasteiger partial charge on any atom is 0.417 e. The first-order valence-electron chi connectivity index (χ1n) is 8.17. The number of hydrogen-bond donors (Lipinski definition) is 0. The van der Waals surface area contributed by atoms with Crippen molar-refractivity contribution in [2.24, 2.45) is 0 Å². The molecule has 1 nitrogen and oxygen atoms in total. The van der Waals surface area contributed by atoms with E-state index in [0.717, 1.165) is 12.1 Å². The summed E-state index contributed by atoms with van der Waals surface area (Å²) in [6, 6.07) is 19.0. The summed E-state index contributed by atoms with van der Waals surface area (Å²) >= 11 is 0. The van der Waals surface area contributed by atoms with Crippen molar-refractivity contribution < 1.29 is 22.3 Å². The van der Waals surface area contributed by atoms with Gasteiger partial charge in [0.25, 0.3) is 0 Å². The molecule has 3 aromatic carbocycles. The molecule has 0 unspecified atom stereocenters. The smallest absolute Gasteiger partial charge is 0.417 e. The molecule has 0 aromatic heterocycles. The average Bonchev–Trinajstić information content (AvgIpc) is 2.67. The van der Waals surface area contributed by atoms with E-state index in [1.54, 1.807) is 30.3 Å². The van der Waals surface area contributed by atoms with E-state index in [2.05, 4.69) is 0 Å². The van der Waals surface area contributed by atoms with Crippen LogP contribution in [-0.2, 0) is 0 Å². The van der Waals surface area contributed by atoms with Crippen LogP contribution in [-0.4, -0.2) is 13.3 Å². The molecule has 5 heteroatoms. The van der Waals surface area contributed by atoms with Crippen LogP contribution < -0.4 is 4.74 Å². The molecule has 3 aromatic rings. The van der Waals surface area contributed by atoms with Gasteiger partial charge in [-0.2, -0.15) is 13.2 Å². The summed E-state index contributed by atoms with van der Waals surface area (Å²) in [5, 5.41) is 0. The van der Waals surface area contributed by atoms with Crippen molar-refractivity contribution in [2.45, 2.75) is 6.18 Å². The fourth-order valence-electron chi connectivity index (χ4n) is 2.88. The van der Waals surface area contributed by atoms with E-state index in [-0.39, 0.29) is 16.7 Å². The van der Waals surface area contributed by atoms with Crippen molar-refractivity contribution in [3.05, 3.63) is 101 Å². The van der Waals surface area contributed by atoms with Gasteiger partial charge in [-0.15, -0.1) is 0 Å². The highest BCUT2D eigenvalue weighted by Gasteiger charge is 2.38. The minimum atomic E-state index is -4.62. The van der Waals surface area contributed by atoms with Gasteiger partial charge in [0.1, 0.15) is 11.6 Å². The van der Waals surface area contributed by atoms with Gasteiger partial charge < -0.3 is 4.74 Å². The fourth-order valence-corrected chi connectivity index (χ4v) is 2.88. The van der Waals surface area contributed by atoms with E-state index in [4.69, 9.17) is 4.74 Å². The molecule has 0 heterocycles. The van der Waals surface area contributed by atoms with Gasteiger partial charge >= 0.3 is 6.18 Å². The van der Waals surface area contributed by atoms with Crippen LogP contribution >= 0.6 is 0 Å². The lowest BCUT2D eigenvalue weighted by molar-refractivity contribution is -0.0685. The van der Waals surface area contributed by atoms with Crippen molar-refractivity contribution in [1.82, 2.24) is 0 Å². The number of ether oxygens (including phenoxy) is 1. The molecule has 0 saturated heterocycles. The molecule has 0 fully saturated rings. The molecule has 0 aliphatic heterocycles. The number of rotatable bonds is 4. The minimum absolute atomic E-state index is 0.00600. The Bertz CT molecular complexity index is 925. The summed E-state index contributed by atoms with van der Waals surface area (Å²) in [7, 11) is 1.45. The summed E-state index contributed by atoms with van der Waals surface area (Å²) in [6.07, 6.45) is -4.62. The van der Waals surface area contributed by atoms with E-state index >= 15 is 0 Å². The third-order valence-corrected chi connectivity index (χ3v) is 4.11. The van der Waals surface area contributed by atoms with E-state index in [9.17, 15) is 17.6 Å². The Hall–Kier alpha value is -3.08. The molecule has 0 saturated carbocycles. The van der Waals surface area contributed by atoms with Crippen molar-refractivity contribution in [3.8, 4) is 5.75 Å². The molecule has 0 bridgehead atoms. The van der Waals surface area contributed by atoms with Gasteiger partial charge in [-0.25, -0.2) is 4.39 Å². The molecular weight excluding hydrogens is 356 g/mol. The SMILES string of the molecule is COc1ccc(/C(=C(/c2ccccc2)c2ccc(F)cc2)C(F)(F)F)cc1. The second-order valence-corrected chi connectivity index (χ2v) is 5.85. The Morgan fingerprint density at radius 1 is 0.704 bits per heavy atom. The first-order valence-corrected chi connectivity index (χ1v) is 8.17. The molecule has 0 atom stereocenters. The lowest BCUT2D eigenvalue weighted by Crippen LogP contribution is -2.14. The van der Waals surface area contributed by atoms with Crippen LogP contribution in [0, 0.1) is 5.82 Å². The van der Waals surface area contributed by atoms with Gasteiger partial charge in [0.2, 0.25) is 0 Å². The number of methoxy groups -OCH3 is 1. The van der Waals surface area contributed by atoms with Crippen LogP contribution in [0.2, 0.25) is 0 Å². The van der Waals surface area contributed by atoms with Crippen LogP contribution in [0.15, 0.2) is 78.9 Å². The average molecular weight is 372 g/mol. The van der Waals surface area contributed by atoms with Gasteiger partial charge in [-0.05, 0) is 41.0 Å². The van der Waals surface area contributed by atoms with Crippen LogP contribution in [0.1, 0.15) is 16.7 Å². The standard InChI is InChI=1S/C22H16F4O/c1-27-19-13-9-17(10-14-19)21(22(24,25)26)20(15-5-3-2-4-6-15)16-7-11-18(23)12-8-16/h2-14H,1H3/b21-20+. The number of allylic oxidation sites excluding steroid dienone is 1. The molecule has 27 heavy (non-hydrogen) atoms. The van der Waals surface area contributed by atoms with Crippen LogP contribution in [0.3, 0.4) is 0 Å². The first kappa shape index (κ1) is 18.7. The Kier molecular flexibility index (Phi) is 5.31. The zero-order valence-electron chi connectivity index (χ0n) is 14.4. The predicted molar refractivity (Wildman–Crippen MR) is 97.8 cm³/mol. The van der Waals surface area contributed by atoms with Gasteiger partial charge in [-0.3, -0.25) is 0 Å². The predicted octanol–water partition coefficient (Wildman–Crippen LogP) is 6.36. The van der Waals surface area contributed by atoms with Gasteiger partial charge in [0.15, 0.2) is 0 Å². The van der Waals surface area contributed by atoms with Crippen LogP contribution in [0.4, 0.5) is 17.6 Å². The molecule has 0 spiro atoms. The van der Waals surface area contributed by atoms with Crippen molar-refractivity contribution in [2.75, 3.05) is 7.11 Å². The summed E-state index contributed by atoms with van der Waals surface area (Å²) in [6.45, 7) is 0. The summed E-state index contributed by atoms with van der Waals surface area (Å²) in [4.78, 5) is 0. The largest absolute Gasteiger partial charge is 0.497 e. The normalized spacial score (nSPS) is 12.5. The number of hydrogen-bond acceptors (Lipinski definition) is 1. The molecule has 0 aliphatic carbocycles. The zero-order chi connectivity index (χ0) is 19.4. The maximum absolute atomic E-state index is 14.1. The van der Waals surface area contributed by atoms with Crippen LogP contribution in [0.5, 0.6) is 5.75 Å². The molecule has 138 valence electrons. The van der Waals surface area contributed by atoms with Crippen molar-refractivity contribution in [3.63, 3.8) is 0 Å². The maximum atomic E-state index is 14.1. The van der Waals surface area contributed by atoms with E-state index in [1.807, 2.05) is 0 Å². The number of halogens is 4. The molecule has 0 N–H and O–H groups in total. The molecule has 0 aliphatic rings. The van der Waals surface area contributed by atoms with Gasteiger partial charge in [-0.1, -0.05) is 54.6 Å². The second-order valence-electron chi connectivity index (χ2n) is 5.85. The Labute approximate surface area is 154 Å². The molecule has 3 rings (SSSR count). The Morgan fingerprint density at radius 3 is 1.74 bits per heavy atom. The highest BCUT2D eigenvalue weighted by molar-refractivity contribution is 6.00. The first-order chi connectivity index (χ1) is 12.9. The molecular formula is C22H16F4O. The Morgan fingerprint density at radius 2 is 1.22 bits per heavy atom. The molecule has 0 radical (unpaired) electrons. The summed E-state index contributed by atoms with van der Waals surface area (Å²) < 4.78 is 60.8. The summed E-state index contributed by atoms with van der Waals surface area (Å²) in [5.74, 6) is -0.0486. The van der Waals surface area contributed by atoms with Crippen LogP contribution in [0.25, 0.3) is 11.1 Å². The zero-order valence-corrected chi connectivity index (χ0v) is 14.4. The fraction of sp³-hybridized carbons (Fsp3) is 0.0909. The highest BCUT2D eigenvalue weighted by atomic mass is 19.4. The third-order valence-electron chi connectivity index (χ3n) is 4.11. The minimum Gasteiger partial charge on any atom is -0.497 e.